The first-order valence-electron chi connectivity index (χ1n) is 6.45. The molecule has 1 atom stereocenters. The van der Waals surface area contributed by atoms with Crippen LogP contribution in [0.25, 0.3) is 5.57 Å². The Morgan fingerprint density at radius 1 is 1.41 bits per heavy atom. The second-order valence-corrected chi connectivity index (χ2v) is 4.31. The van der Waals surface area contributed by atoms with Crippen molar-refractivity contribution in [2.75, 3.05) is 0 Å². The van der Waals surface area contributed by atoms with E-state index in [1.54, 1.807) is 0 Å². The highest BCUT2D eigenvalue weighted by Gasteiger charge is 2.13. The van der Waals surface area contributed by atoms with Gasteiger partial charge in [-0.2, -0.15) is 5.10 Å². The van der Waals surface area contributed by atoms with Crippen molar-refractivity contribution < 1.29 is 0 Å². The summed E-state index contributed by atoms with van der Waals surface area (Å²) >= 11 is 0. The molecule has 1 aromatic rings. The molecule has 0 aromatic carbocycles. The fraction of sp³-hybridized carbons (Fsp3) is 0.571. The fourth-order valence-corrected chi connectivity index (χ4v) is 1.83. The number of allylic oxidation sites excluding steroid dienone is 4. The molecule has 1 rings (SSSR count). The van der Waals surface area contributed by atoms with Crippen LogP contribution in [0, 0.1) is 0 Å². The van der Waals surface area contributed by atoms with Gasteiger partial charge >= 0.3 is 0 Å². The van der Waals surface area contributed by atoms with Gasteiger partial charge in [0.05, 0.1) is 0 Å². The summed E-state index contributed by atoms with van der Waals surface area (Å²) in [6.07, 6.45) is 9.51. The lowest BCUT2D eigenvalue weighted by Crippen LogP contribution is -1.99. The van der Waals surface area contributed by atoms with Crippen molar-refractivity contribution in [2.24, 2.45) is 0 Å². The highest BCUT2D eigenvalue weighted by Crippen LogP contribution is 2.22. The smallest absolute Gasteiger partial charge is 0.176 e. The zero-order valence-corrected chi connectivity index (χ0v) is 11.3. The Morgan fingerprint density at radius 3 is 2.76 bits per heavy atom. The van der Waals surface area contributed by atoms with Crippen molar-refractivity contribution >= 4 is 5.57 Å². The predicted molar refractivity (Wildman–Crippen MR) is 72.8 cm³/mol. The molecule has 0 spiro atoms. The third-order valence-electron chi connectivity index (χ3n) is 2.91. The zero-order chi connectivity index (χ0) is 12.7. The van der Waals surface area contributed by atoms with Crippen LogP contribution in [0.1, 0.15) is 64.5 Å². The van der Waals surface area contributed by atoms with Crippen molar-refractivity contribution in [3.8, 4) is 0 Å². The third-order valence-corrected chi connectivity index (χ3v) is 2.91. The summed E-state index contributed by atoms with van der Waals surface area (Å²) in [5.41, 5.74) is 1.09. The average Bonchev–Trinajstić information content (AvgIpc) is 2.82. The lowest BCUT2D eigenvalue weighted by molar-refractivity contribution is 0.566. The molecule has 1 heterocycles. The van der Waals surface area contributed by atoms with Gasteiger partial charge in [-0.15, -0.1) is 0 Å². The van der Waals surface area contributed by atoms with Crippen molar-refractivity contribution in [3.05, 3.63) is 29.9 Å². The van der Waals surface area contributed by atoms with Gasteiger partial charge in [0.1, 0.15) is 5.82 Å². The number of H-pyrrole nitrogens is 1. The van der Waals surface area contributed by atoms with Gasteiger partial charge in [-0.05, 0) is 32.3 Å². The predicted octanol–water partition coefficient (Wildman–Crippen LogP) is 4.08. The maximum Gasteiger partial charge on any atom is 0.176 e. The molecular weight excluding hydrogens is 210 g/mol. The topological polar surface area (TPSA) is 41.6 Å². The maximum atomic E-state index is 4.58. The normalized spacial score (nSPS) is 14.5. The minimum Gasteiger partial charge on any atom is -0.262 e. The Kier molecular flexibility index (Phi) is 5.67. The second kappa shape index (κ2) is 7.05. The van der Waals surface area contributed by atoms with Gasteiger partial charge in [0.25, 0.3) is 0 Å². The monoisotopic (exact) mass is 233 g/mol. The Hall–Kier alpha value is -1.38. The fourth-order valence-electron chi connectivity index (χ4n) is 1.83. The van der Waals surface area contributed by atoms with Crippen molar-refractivity contribution in [3.63, 3.8) is 0 Å². The van der Waals surface area contributed by atoms with E-state index >= 15 is 0 Å². The summed E-state index contributed by atoms with van der Waals surface area (Å²) in [5, 5.41) is 7.35. The quantitative estimate of drug-likeness (QED) is 0.752. The molecule has 3 nitrogen and oxygen atoms in total. The largest absolute Gasteiger partial charge is 0.262 e. The lowest BCUT2D eigenvalue weighted by Gasteiger charge is -2.08. The van der Waals surface area contributed by atoms with Gasteiger partial charge in [-0.25, -0.2) is 4.98 Å². The number of aromatic nitrogens is 3. The number of rotatable bonds is 6. The Labute approximate surface area is 104 Å². The van der Waals surface area contributed by atoms with Gasteiger partial charge in [-0.1, -0.05) is 38.5 Å². The Bertz CT molecular complexity index is 388. The first kappa shape index (κ1) is 13.7. The molecule has 0 bridgehead atoms. The van der Waals surface area contributed by atoms with E-state index in [0.29, 0.717) is 5.92 Å². The van der Waals surface area contributed by atoms with Crippen LogP contribution in [0.5, 0.6) is 0 Å². The molecule has 0 fully saturated rings. The second-order valence-electron chi connectivity index (χ2n) is 4.31. The average molecular weight is 233 g/mol. The van der Waals surface area contributed by atoms with E-state index in [1.165, 1.54) is 12.8 Å². The van der Waals surface area contributed by atoms with E-state index in [4.69, 9.17) is 0 Å². The molecule has 1 N–H and O–H groups in total. The summed E-state index contributed by atoms with van der Waals surface area (Å²) in [7, 11) is 0. The Morgan fingerprint density at radius 2 is 2.18 bits per heavy atom. The van der Waals surface area contributed by atoms with Crippen LogP contribution < -0.4 is 0 Å². The molecular formula is C14H23N3. The molecule has 0 aliphatic rings. The van der Waals surface area contributed by atoms with Crippen molar-refractivity contribution in [2.45, 2.75) is 52.9 Å². The van der Waals surface area contributed by atoms with E-state index in [1.807, 2.05) is 32.1 Å². The zero-order valence-electron chi connectivity index (χ0n) is 11.3. The molecule has 0 aliphatic heterocycles. The molecule has 0 saturated carbocycles. The molecule has 1 unspecified atom stereocenters. The minimum absolute atomic E-state index is 0.510. The van der Waals surface area contributed by atoms with E-state index in [2.05, 4.69) is 29.0 Å². The van der Waals surface area contributed by atoms with E-state index in [-0.39, 0.29) is 0 Å². The van der Waals surface area contributed by atoms with Crippen LogP contribution in [-0.2, 0) is 0 Å². The molecule has 3 heteroatoms. The van der Waals surface area contributed by atoms with Crippen LogP contribution in [-0.4, -0.2) is 15.2 Å². The number of aromatic amines is 1. The summed E-state index contributed by atoms with van der Waals surface area (Å²) in [6, 6.07) is 0. The summed E-state index contributed by atoms with van der Waals surface area (Å²) in [4.78, 5) is 4.58. The number of hydrogen-bond donors (Lipinski definition) is 1. The van der Waals surface area contributed by atoms with Crippen LogP contribution in [0.3, 0.4) is 0 Å². The van der Waals surface area contributed by atoms with Gasteiger partial charge in [0, 0.05) is 5.92 Å². The molecule has 0 saturated heterocycles. The van der Waals surface area contributed by atoms with Gasteiger partial charge in [-0.3, -0.25) is 5.10 Å². The van der Waals surface area contributed by atoms with Gasteiger partial charge < -0.3 is 0 Å². The first-order valence-corrected chi connectivity index (χ1v) is 6.45. The van der Waals surface area contributed by atoms with Crippen molar-refractivity contribution in [1.29, 1.82) is 0 Å². The molecule has 17 heavy (non-hydrogen) atoms. The highest BCUT2D eigenvalue weighted by atomic mass is 15.2. The standard InChI is InChI=1S/C14H23N3/c1-5-8-10-11(4)13-15-14(17-16-13)12(7-3)9-6-2/h5,8,10,12H,6-7,9H2,1-4H3,(H,15,16,17)/b8-5?,11-10+. The highest BCUT2D eigenvalue weighted by molar-refractivity contribution is 5.58. The number of nitrogens with one attached hydrogen (secondary N) is 1. The van der Waals surface area contributed by atoms with Crippen molar-refractivity contribution in [1.82, 2.24) is 15.2 Å². The molecule has 0 aliphatic carbocycles. The molecule has 1 aromatic heterocycles. The van der Waals surface area contributed by atoms with E-state index in [0.717, 1.165) is 23.6 Å². The number of hydrogen-bond acceptors (Lipinski definition) is 2. The first-order chi connectivity index (χ1) is 8.22. The maximum absolute atomic E-state index is 4.58. The van der Waals surface area contributed by atoms with E-state index in [9.17, 15) is 0 Å². The SMILES string of the molecule is CC=C/C=C(\C)c1n[nH]c(C(CC)CCC)n1. The molecule has 94 valence electrons. The van der Waals surface area contributed by atoms with E-state index < -0.39 is 0 Å². The summed E-state index contributed by atoms with van der Waals surface area (Å²) in [5.74, 6) is 2.35. The summed E-state index contributed by atoms with van der Waals surface area (Å²) < 4.78 is 0. The van der Waals surface area contributed by atoms with Crippen LogP contribution >= 0.6 is 0 Å². The molecule has 0 amide bonds. The minimum atomic E-state index is 0.510. The van der Waals surface area contributed by atoms with Gasteiger partial charge in [0.2, 0.25) is 0 Å². The van der Waals surface area contributed by atoms with Crippen LogP contribution in [0.2, 0.25) is 0 Å². The van der Waals surface area contributed by atoms with Gasteiger partial charge in [0.15, 0.2) is 5.82 Å². The van der Waals surface area contributed by atoms with Crippen LogP contribution in [0.4, 0.5) is 0 Å². The molecule has 0 radical (unpaired) electrons. The third kappa shape index (κ3) is 3.84. The van der Waals surface area contributed by atoms with Crippen LogP contribution in [0.15, 0.2) is 18.2 Å². The summed E-state index contributed by atoms with van der Waals surface area (Å²) in [6.45, 7) is 8.44. The Balaban J connectivity index is 2.83. The lowest BCUT2D eigenvalue weighted by atomic mass is 10.0. The number of nitrogens with zero attached hydrogens (tertiary/aromatic N) is 2.